The van der Waals surface area contributed by atoms with Crippen molar-refractivity contribution in [2.75, 3.05) is 6.61 Å². The van der Waals surface area contributed by atoms with E-state index in [9.17, 15) is 14.4 Å². The lowest BCUT2D eigenvalue weighted by Crippen LogP contribution is -2.01. The summed E-state index contributed by atoms with van der Waals surface area (Å²) in [7, 11) is 0. The van der Waals surface area contributed by atoms with Crippen LogP contribution in [-0.2, 0) is 19.1 Å². The lowest BCUT2D eigenvalue weighted by molar-refractivity contribution is -0.138. The number of carboxylic acid groups (broad SMARTS) is 2. The van der Waals surface area contributed by atoms with Crippen LogP contribution in [0.4, 0.5) is 0 Å². The summed E-state index contributed by atoms with van der Waals surface area (Å²) in [5.41, 5.74) is 0.352. The number of rotatable bonds is 8. The fraction of sp³-hybridized carbons (Fsp3) is 0.471. The summed E-state index contributed by atoms with van der Waals surface area (Å²) in [6.45, 7) is 15.2. The van der Waals surface area contributed by atoms with Crippen molar-refractivity contribution < 1.29 is 29.3 Å². The number of carboxylic acids is 2. The highest BCUT2D eigenvalue weighted by Gasteiger charge is 1.93. The third-order valence-corrected chi connectivity index (χ3v) is 2.14. The second-order valence-corrected chi connectivity index (χ2v) is 4.60. The quantitative estimate of drug-likeness (QED) is 0.401. The van der Waals surface area contributed by atoms with Crippen molar-refractivity contribution in [2.45, 2.75) is 46.5 Å². The summed E-state index contributed by atoms with van der Waals surface area (Å²) in [6, 6.07) is 0. The minimum atomic E-state index is -0.935. The van der Waals surface area contributed by atoms with E-state index in [0.29, 0.717) is 6.61 Å². The Morgan fingerprint density at radius 2 is 1.35 bits per heavy atom. The van der Waals surface area contributed by atoms with Gasteiger partial charge in [-0.15, -0.1) is 0 Å². The van der Waals surface area contributed by atoms with Crippen molar-refractivity contribution in [3.05, 3.63) is 37.0 Å². The summed E-state index contributed by atoms with van der Waals surface area (Å²) in [6.07, 6.45) is 5.72. The summed E-state index contributed by atoms with van der Waals surface area (Å²) >= 11 is 0. The molecule has 6 heteroatoms. The zero-order valence-electron chi connectivity index (χ0n) is 14.3. The van der Waals surface area contributed by atoms with Crippen LogP contribution in [0.3, 0.4) is 0 Å². The zero-order chi connectivity index (χ0) is 18.8. The maximum Gasteiger partial charge on any atom is 0.330 e. The standard InChI is InChI=1S/C9H16O2.2C4H6O2/c1-3-5-6-7-8-11-9(10)4-2;2*1-3(2)4(5)6/h4H,2-3,5-8H2,1H3;2*1H2,2H3,(H,5,6). The molecule has 0 aliphatic carbocycles. The molecule has 0 aromatic rings. The van der Waals surface area contributed by atoms with Crippen LogP contribution < -0.4 is 0 Å². The van der Waals surface area contributed by atoms with E-state index in [2.05, 4.69) is 26.7 Å². The van der Waals surface area contributed by atoms with E-state index in [4.69, 9.17) is 14.9 Å². The van der Waals surface area contributed by atoms with Crippen LogP contribution >= 0.6 is 0 Å². The fourth-order valence-corrected chi connectivity index (χ4v) is 0.761. The molecule has 0 atom stereocenters. The molecule has 0 radical (unpaired) electrons. The van der Waals surface area contributed by atoms with Gasteiger partial charge in [0, 0.05) is 17.2 Å². The molecule has 6 nitrogen and oxygen atoms in total. The molecule has 0 saturated carbocycles. The highest BCUT2D eigenvalue weighted by Crippen LogP contribution is 1.98. The highest BCUT2D eigenvalue weighted by atomic mass is 16.5. The Morgan fingerprint density at radius 1 is 0.957 bits per heavy atom. The van der Waals surface area contributed by atoms with Gasteiger partial charge in [-0.3, -0.25) is 0 Å². The van der Waals surface area contributed by atoms with Gasteiger partial charge in [0.05, 0.1) is 6.61 Å². The molecule has 23 heavy (non-hydrogen) atoms. The van der Waals surface area contributed by atoms with Crippen LogP contribution in [0.2, 0.25) is 0 Å². The smallest absolute Gasteiger partial charge is 0.330 e. The molecular formula is C17H28O6. The molecule has 0 aliphatic heterocycles. The lowest BCUT2D eigenvalue weighted by atomic mass is 10.2. The minimum absolute atomic E-state index is 0.176. The molecule has 0 aliphatic rings. The molecule has 2 N–H and O–H groups in total. The Balaban J connectivity index is -0.000000284. The molecule has 0 spiro atoms. The second-order valence-electron chi connectivity index (χ2n) is 4.60. The van der Waals surface area contributed by atoms with E-state index < -0.39 is 11.9 Å². The van der Waals surface area contributed by atoms with Crippen LogP contribution in [0.15, 0.2) is 37.0 Å². The normalized spacial score (nSPS) is 8.30. The molecule has 0 aromatic carbocycles. The van der Waals surface area contributed by atoms with Gasteiger partial charge in [-0.25, -0.2) is 14.4 Å². The first-order valence-electron chi connectivity index (χ1n) is 7.16. The predicted octanol–water partition coefficient (Wildman–Crippen LogP) is 3.59. The highest BCUT2D eigenvalue weighted by molar-refractivity contribution is 5.85. The maximum atomic E-state index is 10.5. The third-order valence-electron chi connectivity index (χ3n) is 2.14. The van der Waals surface area contributed by atoms with Gasteiger partial charge in [0.25, 0.3) is 0 Å². The first-order valence-corrected chi connectivity index (χ1v) is 7.16. The predicted molar refractivity (Wildman–Crippen MR) is 90.2 cm³/mol. The van der Waals surface area contributed by atoms with Crippen molar-refractivity contribution in [1.82, 2.24) is 0 Å². The second kappa shape index (κ2) is 17.7. The Bertz CT molecular complexity index is 361. The van der Waals surface area contributed by atoms with Gasteiger partial charge in [-0.2, -0.15) is 0 Å². The van der Waals surface area contributed by atoms with E-state index in [1.54, 1.807) is 0 Å². The van der Waals surface area contributed by atoms with Crippen LogP contribution in [0.1, 0.15) is 46.5 Å². The fourth-order valence-electron chi connectivity index (χ4n) is 0.761. The van der Waals surface area contributed by atoms with E-state index in [-0.39, 0.29) is 17.1 Å². The number of aliphatic carboxylic acids is 2. The number of carbonyl (C=O) groups excluding carboxylic acids is 1. The van der Waals surface area contributed by atoms with Crippen LogP contribution in [0.25, 0.3) is 0 Å². The molecule has 0 bridgehead atoms. The van der Waals surface area contributed by atoms with E-state index >= 15 is 0 Å². The maximum absolute atomic E-state index is 10.5. The van der Waals surface area contributed by atoms with Crippen LogP contribution in [0, 0.1) is 0 Å². The van der Waals surface area contributed by atoms with E-state index in [0.717, 1.165) is 12.8 Å². The molecule has 0 amide bonds. The third kappa shape index (κ3) is 28.5. The molecule has 0 heterocycles. The molecule has 0 saturated heterocycles. The number of esters is 1. The van der Waals surface area contributed by atoms with Crippen molar-refractivity contribution in [3.8, 4) is 0 Å². The Hall–Kier alpha value is -2.37. The average molecular weight is 328 g/mol. The molecule has 0 aromatic heterocycles. The Morgan fingerprint density at radius 3 is 1.61 bits per heavy atom. The van der Waals surface area contributed by atoms with Gasteiger partial charge in [0.15, 0.2) is 0 Å². The summed E-state index contributed by atoms with van der Waals surface area (Å²) in [5.74, 6) is -2.19. The number of unbranched alkanes of at least 4 members (excludes halogenated alkanes) is 3. The van der Waals surface area contributed by atoms with Crippen molar-refractivity contribution in [1.29, 1.82) is 0 Å². The molecular weight excluding hydrogens is 300 g/mol. The Kier molecular flexibility index (Phi) is 19.7. The lowest BCUT2D eigenvalue weighted by Gasteiger charge is -1.99. The summed E-state index contributed by atoms with van der Waals surface area (Å²) in [5, 5.41) is 15.8. The first-order chi connectivity index (χ1) is 10.6. The van der Waals surface area contributed by atoms with E-state index in [1.807, 2.05) is 0 Å². The molecule has 0 unspecified atom stereocenters. The monoisotopic (exact) mass is 328 g/mol. The number of ether oxygens (including phenoxy) is 1. The summed E-state index contributed by atoms with van der Waals surface area (Å²) < 4.78 is 4.78. The van der Waals surface area contributed by atoms with Gasteiger partial charge in [-0.1, -0.05) is 45.9 Å². The van der Waals surface area contributed by atoms with Gasteiger partial charge in [-0.05, 0) is 20.3 Å². The van der Waals surface area contributed by atoms with Crippen LogP contribution in [-0.4, -0.2) is 34.7 Å². The molecule has 0 rings (SSSR count). The first kappa shape index (κ1) is 25.6. The number of hydrogen-bond acceptors (Lipinski definition) is 4. The average Bonchev–Trinajstić information content (AvgIpc) is 2.47. The van der Waals surface area contributed by atoms with Crippen molar-refractivity contribution in [3.63, 3.8) is 0 Å². The largest absolute Gasteiger partial charge is 0.478 e. The zero-order valence-corrected chi connectivity index (χ0v) is 14.3. The van der Waals surface area contributed by atoms with Crippen LogP contribution in [0.5, 0.6) is 0 Å². The molecule has 0 fully saturated rings. The Labute approximate surface area is 138 Å². The number of carbonyl (C=O) groups is 3. The summed E-state index contributed by atoms with van der Waals surface area (Å²) in [4.78, 5) is 29.7. The van der Waals surface area contributed by atoms with Gasteiger partial charge in [0.1, 0.15) is 0 Å². The van der Waals surface area contributed by atoms with Crippen molar-refractivity contribution in [2.24, 2.45) is 0 Å². The topological polar surface area (TPSA) is 101 Å². The van der Waals surface area contributed by atoms with E-state index in [1.165, 1.54) is 32.8 Å². The minimum Gasteiger partial charge on any atom is -0.478 e. The SMILES string of the molecule is C=C(C)C(=O)O.C=C(C)C(=O)O.C=CC(=O)OCCCCCC. The van der Waals surface area contributed by atoms with Gasteiger partial charge in [0.2, 0.25) is 0 Å². The van der Waals surface area contributed by atoms with Crippen molar-refractivity contribution >= 4 is 17.9 Å². The molecule has 132 valence electrons. The van der Waals surface area contributed by atoms with Gasteiger partial charge < -0.3 is 14.9 Å². The number of hydrogen-bond donors (Lipinski definition) is 2. The van der Waals surface area contributed by atoms with Gasteiger partial charge >= 0.3 is 17.9 Å².